The molecule has 2 aliphatic heterocycles. The molecular formula is C56H68N12O8. The number of aliphatic imine (C=N–C) groups is 1. The Morgan fingerprint density at radius 3 is 1.99 bits per heavy atom. The minimum absolute atomic E-state index is 0.0276. The highest BCUT2D eigenvalue weighted by Crippen LogP contribution is 2.45. The third-order valence-electron chi connectivity index (χ3n) is 14.5. The van der Waals surface area contributed by atoms with Crippen molar-refractivity contribution in [2.24, 2.45) is 16.1 Å². The molecular weight excluding hydrogens is 969 g/mol. The van der Waals surface area contributed by atoms with E-state index in [0.29, 0.717) is 75.3 Å². The standard InChI is InChI=1S/C56H68N12O8/c1-2-46(69)58-29-16-26-47(70)63-53(57)60-30-15-25-45(52(74)59-31-32-66-54(75)67(39-17-5-3-6-18-39)68(55(66)76)40-19-7-4-8-20-40)61-48(71)37-56(27-13-14-28-56)38-49(72)64-33-35-65(36-34-64)50-41-21-9-10-22-42(41)51(73)62-44-24-12-11-23-43(44)50/h3-12,17-24,45,50H,2,13-16,25-38H2,1H3,(H,58,69)(H,59,74)(H,61,71)(H,62,73)(H3,57,60,63,70)/t45-,50?/m0/s1. The molecule has 3 aliphatic rings. The number of fused-ring (bicyclic) bond motifs is 2. The van der Waals surface area contributed by atoms with E-state index >= 15 is 0 Å². The maximum Gasteiger partial charge on any atom is 0.352 e. The molecule has 7 N–H and O–H groups in total. The Kier molecular flexibility index (Phi) is 18.1. The van der Waals surface area contributed by atoms with Crippen molar-refractivity contribution < 1.29 is 28.8 Å². The second-order valence-corrected chi connectivity index (χ2v) is 19.7. The Morgan fingerprint density at radius 1 is 0.711 bits per heavy atom. The summed E-state index contributed by atoms with van der Waals surface area (Å²) in [6.07, 6.45) is 4.54. The molecule has 400 valence electrons. The van der Waals surface area contributed by atoms with E-state index in [1.807, 2.05) is 53.4 Å². The summed E-state index contributed by atoms with van der Waals surface area (Å²) >= 11 is 0. The number of hydrogen-bond acceptors (Lipinski definition) is 10. The minimum atomic E-state index is -1.06. The molecule has 5 aromatic rings. The molecule has 20 heteroatoms. The molecule has 76 heavy (non-hydrogen) atoms. The van der Waals surface area contributed by atoms with Crippen molar-refractivity contribution in [1.82, 2.24) is 45.0 Å². The number of benzene rings is 4. The van der Waals surface area contributed by atoms with E-state index in [9.17, 15) is 38.4 Å². The Labute approximate surface area is 441 Å². The van der Waals surface area contributed by atoms with Crippen molar-refractivity contribution in [3.05, 3.63) is 147 Å². The van der Waals surface area contributed by atoms with Crippen LogP contribution in [0.3, 0.4) is 0 Å². The fraction of sp³-hybridized carbons (Fsp3) is 0.411. The van der Waals surface area contributed by atoms with Crippen LogP contribution >= 0.6 is 0 Å². The van der Waals surface area contributed by atoms with Crippen molar-refractivity contribution in [3.63, 3.8) is 0 Å². The lowest BCUT2D eigenvalue weighted by Crippen LogP contribution is -2.51. The summed E-state index contributed by atoms with van der Waals surface area (Å²) in [4.78, 5) is 116. The summed E-state index contributed by atoms with van der Waals surface area (Å²) in [5, 5.41) is 14.1. The number of nitrogens with zero attached hydrogens (tertiary/aromatic N) is 6. The van der Waals surface area contributed by atoms with Gasteiger partial charge in [-0.15, -0.1) is 0 Å². The van der Waals surface area contributed by atoms with Gasteiger partial charge in [0.1, 0.15) is 6.04 Å². The minimum Gasteiger partial charge on any atom is -0.370 e. The number of carbonyl (C=O) groups excluding carboxylic acids is 6. The van der Waals surface area contributed by atoms with Crippen LogP contribution in [0.4, 0.5) is 5.69 Å². The molecule has 1 aromatic heterocycles. The van der Waals surface area contributed by atoms with Gasteiger partial charge in [0.2, 0.25) is 29.5 Å². The summed E-state index contributed by atoms with van der Waals surface area (Å²) in [6.45, 7) is 4.03. The first kappa shape index (κ1) is 54.1. The highest BCUT2D eigenvalue weighted by molar-refractivity contribution is 6.07. The van der Waals surface area contributed by atoms with Crippen LogP contribution in [0.5, 0.6) is 0 Å². The van der Waals surface area contributed by atoms with Crippen LogP contribution in [0.2, 0.25) is 0 Å². The normalized spacial score (nSPS) is 16.6. The van der Waals surface area contributed by atoms with Crippen molar-refractivity contribution in [2.75, 3.05) is 51.1 Å². The maximum absolute atomic E-state index is 14.3. The molecule has 1 unspecified atom stereocenters. The third-order valence-corrected chi connectivity index (χ3v) is 14.5. The number of hydrogen-bond donors (Lipinski definition) is 6. The number of para-hydroxylation sites is 3. The summed E-state index contributed by atoms with van der Waals surface area (Å²) in [7, 11) is 0. The number of nitrogens with one attached hydrogen (secondary N) is 5. The summed E-state index contributed by atoms with van der Waals surface area (Å²) in [5.41, 5.74) is 8.44. The van der Waals surface area contributed by atoms with Gasteiger partial charge in [0.05, 0.1) is 17.4 Å². The number of amides is 6. The predicted molar refractivity (Wildman–Crippen MR) is 288 cm³/mol. The average Bonchev–Trinajstić information content (AvgIpc) is 4.00. The van der Waals surface area contributed by atoms with Crippen molar-refractivity contribution in [1.29, 1.82) is 0 Å². The highest BCUT2D eigenvalue weighted by Gasteiger charge is 2.41. The topological polar surface area (TPSA) is 256 Å². The van der Waals surface area contributed by atoms with E-state index in [0.717, 1.165) is 34.2 Å². The number of anilines is 1. The molecule has 0 spiro atoms. The summed E-state index contributed by atoms with van der Waals surface area (Å²) in [6, 6.07) is 31.8. The molecule has 0 bridgehead atoms. The van der Waals surface area contributed by atoms with Crippen molar-refractivity contribution in [2.45, 2.75) is 96.2 Å². The van der Waals surface area contributed by atoms with E-state index in [2.05, 4.69) is 36.5 Å². The largest absolute Gasteiger partial charge is 0.370 e. The van der Waals surface area contributed by atoms with Crippen LogP contribution in [0.25, 0.3) is 11.4 Å². The van der Waals surface area contributed by atoms with E-state index in [1.165, 1.54) is 9.36 Å². The molecule has 3 heterocycles. The van der Waals surface area contributed by atoms with Gasteiger partial charge in [-0.2, -0.15) is 9.36 Å². The molecule has 8 rings (SSSR count). The van der Waals surface area contributed by atoms with Gasteiger partial charge < -0.3 is 31.9 Å². The maximum atomic E-state index is 14.3. The van der Waals surface area contributed by atoms with E-state index < -0.39 is 28.7 Å². The fourth-order valence-electron chi connectivity index (χ4n) is 10.6. The van der Waals surface area contributed by atoms with Crippen LogP contribution in [0, 0.1) is 5.41 Å². The number of rotatable bonds is 21. The monoisotopic (exact) mass is 1040 g/mol. The number of carbonyl (C=O) groups is 6. The zero-order valence-corrected chi connectivity index (χ0v) is 43.0. The van der Waals surface area contributed by atoms with E-state index in [-0.39, 0.29) is 93.3 Å². The Balaban J connectivity index is 0.919. The van der Waals surface area contributed by atoms with Crippen LogP contribution in [0.1, 0.15) is 105 Å². The van der Waals surface area contributed by atoms with Gasteiger partial charge in [0, 0.05) is 89.3 Å². The lowest BCUT2D eigenvalue weighted by Gasteiger charge is -2.41. The first-order chi connectivity index (χ1) is 36.8. The zero-order valence-electron chi connectivity index (χ0n) is 43.0. The van der Waals surface area contributed by atoms with Crippen LogP contribution in [0.15, 0.2) is 124 Å². The first-order valence-corrected chi connectivity index (χ1v) is 26.3. The number of piperazine rings is 1. The van der Waals surface area contributed by atoms with Crippen LogP contribution in [-0.4, -0.2) is 117 Å². The molecule has 20 nitrogen and oxygen atoms in total. The van der Waals surface area contributed by atoms with Crippen molar-refractivity contribution >= 4 is 47.1 Å². The Morgan fingerprint density at radius 2 is 1.33 bits per heavy atom. The summed E-state index contributed by atoms with van der Waals surface area (Å²) < 4.78 is 3.62. The smallest absolute Gasteiger partial charge is 0.352 e. The van der Waals surface area contributed by atoms with E-state index in [4.69, 9.17) is 5.73 Å². The van der Waals surface area contributed by atoms with Gasteiger partial charge in [0.25, 0.3) is 5.91 Å². The first-order valence-electron chi connectivity index (χ1n) is 26.3. The van der Waals surface area contributed by atoms with Gasteiger partial charge >= 0.3 is 11.4 Å². The second kappa shape index (κ2) is 25.4. The third kappa shape index (κ3) is 13.2. The molecule has 2 atom stereocenters. The molecule has 1 saturated carbocycles. The highest BCUT2D eigenvalue weighted by atomic mass is 16.2. The zero-order chi connectivity index (χ0) is 53.6. The van der Waals surface area contributed by atoms with Gasteiger partial charge in [-0.05, 0) is 85.0 Å². The number of nitrogens with two attached hydrogens (primary N) is 1. The lowest BCUT2D eigenvalue weighted by atomic mass is 9.78. The molecule has 1 saturated heterocycles. The van der Waals surface area contributed by atoms with Gasteiger partial charge in [-0.3, -0.25) is 44.0 Å². The Bertz CT molecular complexity index is 2960. The SMILES string of the molecule is CCC(=O)NCCCC(=O)NC(N)=NCCC[C@H](NC(=O)CC1(CC(=O)N2CCN(C3c4ccccc4NC(=O)c4ccccc43)CC2)CCCC1)C(=O)NCCn1c(=O)n(-c2ccccc2)n(-c2ccccc2)c1=O. The molecule has 2 fully saturated rings. The quantitative estimate of drug-likeness (QED) is 0.0353. The summed E-state index contributed by atoms with van der Waals surface area (Å²) in [5.74, 6) is -1.69. The van der Waals surface area contributed by atoms with Crippen LogP contribution < -0.4 is 43.7 Å². The van der Waals surface area contributed by atoms with Gasteiger partial charge in [-0.25, -0.2) is 14.2 Å². The number of guanidine groups is 1. The van der Waals surface area contributed by atoms with Gasteiger partial charge in [-0.1, -0.05) is 92.6 Å². The van der Waals surface area contributed by atoms with Crippen LogP contribution in [-0.2, 0) is 30.5 Å². The average molecular weight is 1040 g/mol. The molecule has 0 radical (unpaired) electrons. The van der Waals surface area contributed by atoms with Gasteiger partial charge in [0.15, 0.2) is 5.96 Å². The molecule has 1 aliphatic carbocycles. The Hall–Kier alpha value is -8.13. The second-order valence-electron chi connectivity index (χ2n) is 19.7. The molecule has 4 aromatic carbocycles. The predicted octanol–water partition coefficient (Wildman–Crippen LogP) is 3.75. The number of aromatic nitrogens is 3. The lowest BCUT2D eigenvalue weighted by molar-refractivity contribution is -0.137. The van der Waals surface area contributed by atoms with E-state index in [1.54, 1.807) is 67.6 Å². The van der Waals surface area contributed by atoms with Crippen molar-refractivity contribution in [3.8, 4) is 11.4 Å². The fourth-order valence-corrected chi connectivity index (χ4v) is 10.6. The molecule has 6 amide bonds.